The van der Waals surface area contributed by atoms with Crippen molar-refractivity contribution in [2.75, 3.05) is 9.62 Å². The van der Waals surface area contributed by atoms with E-state index in [1.54, 1.807) is 0 Å². The number of carboxylic acid groups (broad SMARTS) is 1. The molecular formula is C17H15ClN2O6S. The lowest BCUT2D eigenvalue weighted by Crippen LogP contribution is -2.44. The number of carboxylic acids is 1. The van der Waals surface area contributed by atoms with Crippen LogP contribution in [0.15, 0.2) is 47.4 Å². The number of carbonyl (C=O) groups is 2. The molecule has 0 radical (unpaired) electrons. The first-order valence-electron chi connectivity index (χ1n) is 7.79. The molecule has 1 atom stereocenters. The molecular weight excluding hydrogens is 396 g/mol. The molecule has 0 fully saturated rings. The highest BCUT2D eigenvalue weighted by Crippen LogP contribution is 2.34. The molecule has 2 aromatic carbocycles. The first-order chi connectivity index (χ1) is 12.7. The molecule has 2 aromatic rings. The van der Waals surface area contributed by atoms with Crippen molar-refractivity contribution in [3.8, 4) is 0 Å². The van der Waals surface area contributed by atoms with Gasteiger partial charge in [-0.1, -0.05) is 17.7 Å². The molecule has 0 saturated heterocycles. The molecule has 1 aliphatic heterocycles. The van der Waals surface area contributed by atoms with Crippen LogP contribution in [0.5, 0.6) is 0 Å². The SMILES string of the molecule is CC(OCc1ccc2c(c1)NC(=O)N(c1ccc(Cl)cc1)S2(=O)=O)C(=O)O. The van der Waals surface area contributed by atoms with E-state index in [9.17, 15) is 18.0 Å². The number of carbonyl (C=O) groups excluding carboxylic acids is 1. The predicted molar refractivity (Wildman–Crippen MR) is 98.5 cm³/mol. The number of halogens is 1. The maximum absolute atomic E-state index is 12.9. The zero-order valence-electron chi connectivity index (χ0n) is 14.0. The molecule has 0 aliphatic carbocycles. The van der Waals surface area contributed by atoms with Gasteiger partial charge in [0, 0.05) is 5.02 Å². The molecule has 0 saturated carbocycles. The number of anilines is 2. The van der Waals surface area contributed by atoms with Gasteiger partial charge in [0.15, 0.2) is 6.10 Å². The van der Waals surface area contributed by atoms with Gasteiger partial charge in [0.05, 0.1) is 18.0 Å². The molecule has 1 aliphatic rings. The molecule has 142 valence electrons. The third-order valence-electron chi connectivity index (χ3n) is 3.90. The van der Waals surface area contributed by atoms with Gasteiger partial charge in [-0.3, -0.25) is 0 Å². The molecule has 8 nitrogen and oxygen atoms in total. The minimum atomic E-state index is -4.12. The number of amides is 2. The Balaban J connectivity index is 1.92. The Hall–Kier alpha value is -2.62. The maximum Gasteiger partial charge on any atom is 0.340 e. The first kappa shape index (κ1) is 19.2. The molecule has 1 unspecified atom stereocenters. The Bertz CT molecular complexity index is 1010. The van der Waals surface area contributed by atoms with Crippen molar-refractivity contribution >= 4 is 45.0 Å². The summed E-state index contributed by atoms with van der Waals surface area (Å²) in [4.78, 5) is 23.1. The van der Waals surface area contributed by atoms with Crippen LogP contribution >= 0.6 is 11.6 Å². The van der Waals surface area contributed by atoms with Gasteiger partial charge in [-0.25, -0.2) is 18.0 Å². The van der Waals surface area contributed by atoms with E-state index >= 15 is 0 Å². The van der Waals surface area contributed by atoms with E-state index < -0.39 is 28.1 Å². The number of nitrogens with one attached hydrogen (secondary N) is 1. The molecule has 0 spiro atoms. The summed E-state index contributed by atoms with van der Waals surface area (Å²) in [6, 6.07) is 9.29. The van der Waals surface area contributed by atoms with E-state index in [2.05, 4.69) is 5.32 Å². The van der Waals surface area contributed by atoms with Crippen LogP contribution < -0.4 is 9.62 Å². The third-order valence-corrected chi connectivity index (χ3v) is 5.92. The monoisotopic (exact) mass is 410 g/mol. The van der Waals surface area contributed by atoms with E-state index in [1.165, 1.54) is 49.4 Å². The first-order valence-corrected chi connectivity index (χ1v) is 9.61. The molecule has 0 aromatic heterocycles. The normalized spacial score (nSPS) is 16.4. The van der Waals surface area contributed by atoms with Gasteiger partial charge in [0.25, 0.3) is 10.0 Å². The quantitative estimate of drug-likeness (QED) is 0.783. The second-order valence-corrected chi connectivity index (χ2v) is 7.99. The number of urea groups is 1. The van der Waals surface area contributed by atoms with E-state index in [1.807, 2.05) is 0 Å². The summed E-state index contributed by atoms with van der Waals surface area (Å²) in [7, 11) is -4.12. The van der Waals surface area contributed by atoms with Crippen molar-refractivity contribution in [2.45, 2.75) is 24.5 Å². The summed E-state index contributed by atoms with van der Waals surface area (Å²) >= 11 is 5.81. The van der Waals surface area contributed by atoms with Crippen molar-refractivity contribution in [1.29, 1.82) is 0 Å². The second kappa shape index (κ2) is 7.18. The Labute approximate surface area is 160 Å². The Kier molecular flexibility index (Phi) is 5.09. The van der Waals surface area contributed by atoms with E-state index in [-0.39, 0.29) is 22.9 Å². The molecule has 0 bridgehead atoms. The van der Waals surface area contributed by atoms with E-state index in [0.29, 0.717) is 14.9 Å². The van der Waals surface area contributed by atoms with Gasteiger partial charge in [-0.15, -0.1) is 0 Å². The fourth-order valence-corrected chi connectivity index (χ4v) is 4.10. The lowest BCUT2D eigenvalue weighted by Gasteiger charge is -2.29. The predicted octanol–water partition coefficient (Wildman–Crippen LogP) is 3.07. The van der Waals surface area contributed by atoms with Crippen LogP contribution in [-0.2, 0) is 26.2 Å². The number of fused-ring (bicyclic) bond motifs is 1. The molecule has 10 heteroatoms. The number of aliphatic carboxylic acids is 1. The topological polar surface area (TPSA) is 113 Å². The minimum absolute atomic E-state index is 0.0441. The van der Waals surface area contributed by atoms with Crippen molar-refractivity contribution in [3.63, 3.8) is 0 Å². The summed E-state index contributed by atoms with van der Waals surface area (Å²) in [6.07, 6.45) is -1.01. The van der Waals surface area contributed by atoms with Gasteiger partial charge in [-0.05, 0) is 48.9 Å². The van der Waals surface area contributed by atoms with Crippen LogP contribution in [0, 0.1) is 0 Å². The average molecular weight is 411 g/mol. The van der Waals surface area contributed by atoms with Gasteiger partial charge < -0.3 is 15.2 Å². The van der Waals surface area contributed by atoms with Crippen molar-refractivity contribution in [3.05, 3.63) is 53.1 Å². The third kappa shape index (κ3) is 3.75. The van der Waals surface area contributed by atoms with Crippen molar-refractivity contribution in [2.24, 2.45) is 0 Å². The zero-order valence-corrected chi connectivity index (χ0v) is 15.6. The molecule has 27 heavy (non-hydrogen) atoms. The van der Waals surface area contributed by atoms with Gasteiger partial charge >= 0.3 is 12.0 Å². The fourth-order valence-electron chi connectivity index (χ4n) is 2.49. The Morgan fingerprint density at radius 3 is 2.56 bits per heavy atom. The Morgan fingerprint density at radius 2 is 1.93 bits per heavy atom. The van der Waals surface area contributed by atoms with E-state index in [0.717, 1.165) is 0 Å². The molecule has 2 amide bonds. The highest BCUT2D eigenvalue weighted by molar-refractivity contribution is 7.94. The number of hydrogen-bond acceptors (Lipinski definition) is 5. The number of hydrogen-bond donors (Lipinski definition) is 2. The van der Waals surface area contributed by atoms with Crippen LogP contribution in [0.25, 0.3) is 0 Å². The summed E-state index contributed by atoms with van der Waals surface area (Å²) in [5.41, 5.74) is 0.789. The van der Waals surface area contributed by atoms with Gasteiger partial charge in [0.1, 0.15) is 4.90 Å². The zero-order chi connectivity index (χ0) is 19.8. The second-order valence-electron chi connectivity index (χ2n) is 5.80. The highest BCUT2D eigenvalue weighted by atomic mass is 35.5. The van der Waals surface area contributed by atoms with Crippen LogP contribution in [-0.4, -0.2) is 31.6 Å². The number of sulfonamides is 1. The van der Waals surface area contributed by atoms with Crippen molar-refractivity contribution in [1.82, 2.24) is 0 Å². The number of ether oxygens (including phenoxy) is 1. The lowest BCUT2D eigenvalue weighted by atomic mass is 10.2. The van der Waals surface area contributed by atoms with E-state index in [4.69, 9.17) is 21.4 Å². The Morgan fingerprint density at radius 1 is 1.26 bits per heavy atom. The van der Waals surface area contributed by atoms with Gasteiger partial charge in [0.2, 0.25) is 0 Å². The largest absolute Gasteiger partial charge is 0.479 e. The van der Waals surface area contributed by atoms with Gasteiger partial charge in [-0.2, -0.15) is 4.31 Å². The van der Waals surface area contributed by atoms with Crippen LogP contribution in [0.3, 0.4) is 0 Å². The lowest BCUT2D eigenvalue weighted by molar-refractivity contribution is -0.149. The highest BCUT2D eigenvalue weighted by Gasteiger charge is 2.38. The van der Waals surface area contributed by atoms with Crippen LogP contribution in [0.2, 0.25) is 5.02 Å². The number of nitrogens with zero attached hydrogens (tertiary/aromatic N) is 1. The maximum atomic E-state index is 12.9. The fraction of sp³-hybridized carbons (Fsp3) is 0.176. The smallest absolute Gasteiger partial charge is 0.340 e. The summed E-state index contributed by atoms with van der Waals surface area (Å²) < 4.78 is 31.6. The molecule has 3 rings (SSSR count). The van der Waals surface area contributed by atoms with Crippen molar-refractivity contribution < 1.29 is 27.9 Å². The minimum Gasteiger partial charge on any atom is -0.479 e. The summed E-state index contributed by atoms with van der Waals surface area (Å²) in [5.74, 6) is -1.11. The van der Waals surface area contributed by atoms with Crippen LogP contribution in [0.4, 0.5) is 16.2 Å². The molecule has 1 heterocycles. The number of rotatable bonds is 5. The summed E-state index contributed by atoms with van der Waals surface area (Å²) in [6.45, 7) is 1.34. The standard InChI is InChI=1S/C17H15ClN2O6S/c1-10(16(21)22)26-9-11-2-7-15-14(8-11)19-17(23)20(27(15,24)25)13-5-3-12(18)4-6-13/h2-8,10H,9H2,1H3,(H,19,23)(H,21,22). The average Bonchev–Trinajstić information content (AvgIpc) is 2.60. The summed E-state index contributed by atoms with van der Waals surface area (Å²) in [5, 5.41) is 11.8. The van der Waals surface area contributed by atoms with Crippen LogP contribution in [0.1, 0.15) is 12.5 Å². The number of benzene rings is 2. The molecule has 2 N–H and O–H groups in total.